The molecule has 0 radical (unpaired) electrons. The number of ether oxygens (including phenoxy) is 1. The molecule has 0 atom stereocenters. The lowest BCUT2D eigenvalue weighted by atomic mass is 10.00. The number of nitrogens with zero attached hydrogens (tertiary/aromatic N) is 1. The number of halogens is 2. The van der Waals surface area contributed by atoms with Crippen molar-refractivity contribution in [3.63, 3.8) is 0 Å². The van der Waals surface area contributed by atoms with Gasteiger partial charge in [0.1, 0.15) is 0 Å². The molecule has 0 aliphatic carbocycles. The van der Waals surface area contributed by atoms with Crippen LogP contribution in [0.2, 0.25) is 5.02 Å². The van der Waals surface area contributed by atoms with Crippen molar-refractivity contribution in [1.29, 1.82) is 0 Å². The van der Waals surface area contributed by atoms with Crippen molar-refractivity contribution in [2.75, 3.05) is 12.4 Å². The highest BCUT2D eigenvalue weighted by Crippen LogP contribution is 2.36. The molecule has 0 saturated heterocycles. The molecule has 2 heterocycles. The molecule has 3 aromatic rings. The lowest BCUT2D eigenvalue weighted by molar-refractivity contribution is 0.0603. The topological polar surface area (TPSA) is 39.2 Å². The first-order valence-electron chi connectivity index (χ1n) is 7.95. The van der Waals surface area contributed by atoms with Gasteiger partial charge in [0, 0.05) is 33.3 Å². The molecule has 0 spiro atoms. The third kappa shape index (κ3) is 4.27. The number of hydrogen-bond donors (Lipinski definition) is 0. The summed E-state index contributed by atoms with van der Waals surface area (Å²) >= 11 is 11.0. The van der Waals surface area contributed by atoms with Gasteiger partial charge in [0.2, 0.25) is 0 Å². The van der Waals surface area contributed by atoms with Crippen LogP contribution in [-0.2, 0) is 4.74 Å². The molecule has 134 valence electrons. The molecule has 26 heavy (non-hydrogen) atoms. The Morgan fingerprint density at radius 3 is 2.77 bits per heavy atom. The average molecular weight is 451 g/mol. The van der Waals surface area contributed by atoms with E-state index < -0.39 is 5.97 Å². The standard InChI is InChI=1S/C18H11BrClNO2S.C2H6/c1-23-18(22)15-10-24-17-13(6-8-21-16(15)17)14-9-12(20)5-4-11(14)3-2-7-19;1-2/h4-6,8-10H,7H2,1H3;1-2H3. The molecule has 0 aliphatic heterocycles. The number of benzene rings is 1. The zero-order valence-corrected chi connectivity index (χ0v) is 17.8. The number of alkyl halides is 1. The van der Waals surface area contributed by atoms with Gasteiger partial charge in [-0.3, -0.25) is 4.98 Å². The fraction of sp³-hybridized carbons (Fsp3) is 0.200. The Hall–Kier alpha value is -1.87. The largest absolute Gasteiger partial charge is 0.465 e. The number of rotatable bonds is 2. The van der Waals surface area contributed by atoms with Crippen LogP contribution in [-0.4, -0.2) is 23.4 Å². The van der Waals surface area contributed by atoms with Crippen LogP contribution in [0.25, 0.3) is 21.3 Å². The third-order valence-corrected chi connectivity index (χ3v) is 4.94. The number of aromatic nitrogens is 1. The van der Waals surface area contributed by atoms with Gasteiger partial charge >= 0.3 is 5.97 Å². The zero-order chi connectivity index (χ0) is 19.1. The maximum atomic E-state index is 11.9. The minimum absolute atomic E-state index is 0.392. The van der Waals surface area contributed by atoms with Gasteiger partial charge in [-0.05, 0) is 24.3 Å². The Labute approximate surface area is 170 Å². The molecule has 1 aromatic carbocycles. The lowest BCUT2D eigenvalue weighted by Crippen LogP contribution is -2.00. The molecule has 0 saturated carbocycles. The van der Waals surface area contributed by atoms with Crippen molar-refractivity contribution in [3.8, 4) is 23.0 Å². The van der Waals surface area contributed by atoms with Crippen LogP contribution in [0, 0.1) is 11.8 Å². The average Bonchev–Trinajstić information content (AvgIpc) is 3.12. The minimum Gasteiger partial charge on any atom is -0.465 e. The highest BCUT2D eigenvalue weighted by Gasteiger charge is 2.17. The van der Waals surface area contributed by atoms with Gasteiger partial charge in [0.05, 0.1) is 28.2 Å². The van der Waals surface area contributed by atoms with Gasteiger partial charge < -0.3 is 4.74 Å². The molecule has 3 rings (SSSR count). The Bertz CT molecular complexity index is 988. The van der Waals surface area contributed by atoms with E-state index in [0.29, 0.717) is 21.4 Å². The fourth-order valence-electron chi connectivity index (χ4n) is 2.38. The number of carbonyl (C=O) groups is 1. The van der Waals surface area contributed by atoms with Crippen molar-refractivity contribution in [3.05, 3.63) is 52.0 Å². The van der Waals surface area contributed by atoms with Gasteiger partial charge in [0.25, 0.3) is 0 Å². The number of pyridine rings is 1. The normalized spacial score (nSPS) is 9.73. The first-order valence-corrected chi connectivity index (χ1v) is 10.3. The van der Waals surface area contributed by atoms with Crippen molar-refractivity contribution >= 4 is 55.1 Å². The van der Waals surface area contributed by atoms with Gasteiger partial charge in [0.15, 0.2) is 0 Å². The smallest absolute Gasteiger partial charge is 0.340 e. The molecule has 0 fully saturated rings. The van der Waals surface area contributed by atoms with E-state index in [4.69, 9.17) is 16.3 Å². The van der Waals surface area contributed by atoms with Crippen molar-refractivity contribution in [1.82, 2.24) is 4.98 Å². The van der Waals surface area contributed by atoms with Crippen LogP contribution in [0.3, 0.4) is 0 Å². The molecular formula is C20H17BrClNO2S. The maximum absolute atomic E-state index is 11.9. The van der Waals surface area contributed by atoms with Crippen LogP contribution in [0.15, 0.2) is 35.8 Å². The van der Waals surface area contributed by atoms with Crippen LogP contribution in [0.5, 0.6) is 0 Å². The Morgan fingerprint density at radius 2 is 2.08 bits per heavy atom. The highest BCUT2D eigenvalue weighted by atomic mass is 79.9. The van der Waals surface area contributed by atoms with Crippen LogP contribution < -0.4 is 0 Å². The third-order valence-electron chi connectivity index (χ3n) is 3.42. The van der Waals surface area contributed by atoms with E-state index in [0.717, 1.165) is 21.4 Å². The summed E-state index contributed by atoms with van der Waals surface area (Å²) in [6.45, 7) is 4.00. The monoisotopic (exact) mass is 449 g/mol. The molecule has 0 aliphatic rings. The second kappa shape index (κ2) is 9.72. The summed E-state index contributed by atoms with van der Waals surface area (Å²) < 4.78 is 5.73. The molecule has 0 bridgehead atoms. The molecule has 2 aromatic heterocycles. The lowest BCUT2D eigenvalue weighted by Gasteiger charge is -2.07. The molecule has 6 heteroatoms. The Morgan fingerprint density at radius 1 is 1.31 bits per heavy atom. The summed E-state index contributed by atoms with van der Waals surface area (Å²) in [7, 11) is 1.36. The number of methoxy groups -OCH3 is 1. The summed E-state index contributed by atoms with van der Waals surface area (Å²) in [5.74, 6) is 5.75. The van der Waals surface area contributed by atoms with E-state index in [-0.39, 0.29) is 0 Å². The van der Waals surface area contributed by atoms with Gasteiger partial charge in [-0.15, -0.1) is 11.3 Å². The first kappa shape index (κ1) is 20.4. The van der Waals surface area contributed by atoms with Crippen LogP contribution in [0.1, 0.15) is 29.8 Å². The second-order valence-electron chi connectivity index (χ2n) is 4.80. The van der Waals surface area contributed by atoms with E-state index in [1.54, 1.807) is 11.6 Å². The number of hydrogen-bond acceptors (Lipinski definition) is 4. The summed E-state index contributed by atoms with van der Waals surface area (Å²) in [4.78, 5) is 16.2. The van der Waals surface area contributed by atoms with Gasteiger partial charge in [-0.25, -0.2) is 4.79 Å². The molecule has 0 unspecified atom stereocenters. The summed E-state index contributed by atoms with van der Waals surface area (Å²) in [5.41, 5.74) is 3.83. The van der Waals surface area contributed by atoms with Gasteiger partial charge in [-0.1, -0.05) is 53.2 Å². The molecule has 0 N–H and O–H groups in total. The van der Waals surface area contributed by atoms with E-state index in [1.807, 2.05) is 38.1 Å². The maximum Gasteiger partial charge on any atom is 0.340 e. The van der Waals surface area contributed by atoms with E-state index in [2.05, 4.69) is 32.8 Å². The number of carbonyl (C=O) groups excluding carboxylic acids is 1. The predicted octanol–water partition coefficient (Wildman–Crippen LogP) is 6.18. The highest BCUT2D eigenvalue weighted by molar-refractivity contribution is 9.09. The van der Waals surface area contributed by atoms with E-state index in [9.17, 15) is 4.79 Å². The van der Waals surface area contributed by atoms with Gasteiger partial charge in [-0.2, -0.15) is 0 Å². The van der Waals surface area contributed by atoms with Crippen molar-refractivity contribution < 1.29 is 9.53 Å². The quantitative estimate of drug-likeness (QED) is 0.266. The number of fused-ring (bicyclic) bond motifs is 1. The minimum atomic E-state index is -0.392. The summed E-state index contributed by atoms with van der Waals surface area (Å²) in [5, 5.41) is 2.98. The predicted molar refractivity (Wildman–Crippen MR) is 113 cm³/mol. The van der Waals surface area contributed by atoms with Crippen molar-refractivity contribution in [2.45, 2.75) is 13.8 Å². The van der Waals surface area contributed by atoms with E-state index in [1.165, 1.54) is 18.4 Å². The zero-order valence-electron chi connectivity index (χ0n) is 14.6. The Balaban J connectivity index is 0.00000117. The van der Waals surface area contributed by atoms with Crippen LogP contribution in [0.4, 0.5) is 0 Å². The first-order chi connectivity index (χ1) is 12.7. The summed E-state index contributed by atoms with van der Waals surface area (Å²) in [6.07, 6.45) is 1.68. The fourth-order valence-corrected chi connectivity index (χ4v) is 3.71. The summed E-state index contributed by atoms with van der Waals surface area (Å²) in [6, 6.07) is 7.50. The van der Waals surface area contributed by atoms with Crippen LogP contribution >= 0.6 is 38.9 Å². The van der Waals surface area contributed by atoms with E-state index >= 15 is 0 Å². The molecule has 3 nitrogen and oxygen atoms in total. The number of esters is 1. The molecular weight excluding hydrogens is 434 g/mol. The Kier molecular flexibility index (Phi) is 7.65. The molecule has 0 amide bonds. The van der Waals surface area contributed by atoms with Crippen molar-refractivity contribution in [2.24, 2.45) is 0 Å². The second-order valence-corrected chi connectivity index (χ2v) is 6.68. The SMILES string of the molecule is CC.COC(=O)c1csc2c(-c3cc(Cl)ccc3C#CCBr)ccnc12. The number of thiophene rings is 1.